The smallest absolute Gasteiger partial charge is 0.156 e. The molecule has 0 aliphatic carbocycles. The summed E-state index contributed by atoms with van der Waals surface area (Å²) >= 11 is 1.59. The van der Waals surface area contributed by atoms with Gasteiger partial charge < -0.3 is 5.11 Å². The van der Waals surface area contributed by atoms with Crippen molar-refractivity contribution in [2.24, 2.45) is 5.92 Å². The highest BCUT2D eigenvalue weighted by Crippen LogP contribution is 2.27. The van der Waals surface area contributed by atoms with Gasteiger partial charge in [0.1, 0.15) is 6.33 Å². The second kappa shape index (κ2) is 5.30. The van der Waals surface area contributed by atoms with Gasteiger partial charge in [-0.2, -0.15) is 11.3 Å². The third-order valence-electron chi connectivity index (χ3n) is 2.75. The minimum Gasteiger partial charge on any atom is -0.373 e. The van der Waals surface area contributed by atoms with E-state index < -0.39 is 5.60 Å². The first kappa shape index (κ1) is 12.7. The Morgan fingerprint density at radius 1 is 1.33 bits per heavy atom. The first-order valence-electron chi connectivity index (χ1n) is 5.66. The summed E-state index contributed by atoms with van der Waals surface area (Å²) in [6, 6.07) is 1.93. The summed E-state index contributed by atoms with van der Waals surface area (Å²) in [6.45, 7) is 3.85. The van der Waals surface area contributed by atoms with Gasteiger partial charge in [0.15, 0.2) is 5.60 Å². The topological polar surface area (TPSA) is 46.0 Å². The van der Waals surface area contributed by atoms with Crippen LogP contribution in [0.25, 0.3) is 0 Å². The number of nitrogens with zero attached hydrogens (tertiary/aromatic N) is 2. The molecular weight excluding hydrogens is 244 g/mol. The van der Waals surface area contributed by atoms with Gasteiger partial charge in [0.2, 0.25) is 0 Å². The fourth-order valence-corrected chi connectivity index (χ4v) is 2.14. The van der Waals surface area contributed by atoms with Crippen LogP contribution in [0.5, 0.6) is 0 Å². The van der Waals surface area contributed by atoms with E-state index in [-0.39, 0.29) is 5.92 Å². The minimum atomic E-state index is -1.22. The lowest BCUT2D eigenvalue weighted by atomic mass is 9.85. The molecule has 0 amide bonds. The van der Waals surface area contributed by atoms with Crippen molar-refractivity contribution in [1.82, 2.24) is 9.97 Å². The Balaban J connectivity index is 2.40. The fraction of sp³-hybridized carbons (Fsp3) is 0.286. The lowest BCUT2D eigenvalue weighted by Crippen LogP contribution is -2.30. The number of thiophene rings is 1. The van der Waals surface area contributed by atoms with Crippen LogP contribution >= 0.6 is 11.3 Å². The third-order valence-corrected chi connectivity index (χ3v) is 3.44. The Morgan fingerprint density at radius 3 is 2.61 bits per heavy atom. The molecule has 2 aromatic rings. The van der Waals surface area contributed by atoms with Crippen LogP contribution in [0.3, 0.4) is 0 Å². The molecule has 0 fully saturated rings. The van der Waals surface area contributed by atoms with Gasteiger partial charge in [-0.05, 0) is 17.4 Å². The zero-order valence-electron chi connectivity index (χ0n) is 10.3. The zero-order valence-corrected chi connectivity index (χ0v) is 11.1. The summed E-state index contributed by atoms with van der Waals surface area (Å²) in [7, 11) is 0. The van der Waals surface area contributed by atoms with Crippen LogP contribution in [0.1, 0.15) is 25.0 Å². The fourth-order valence-electron chi connectivity index (χ4n) is 1.55. The van der Waals surface area contributed by atoms with Gasteiger partial charge in [0, 0.05) is 28.9 Å². The summed E-state index contributed by atoms with van der Waals surface area (Å²) < 4.78 is 0. The Kier molecular flexibility index (Phi) is 3.75. The standard InChI is InChI=1S/C14H14N2OS/c1-11(2)14(17,13-7-15-10-16-8-13)5-3-12-4-6-18-9-12/h4,6-11,17H,1-2H3. The molecule has 0 saturated carbocycles. The quantitative estimate of drug-likeness (QED) is 0.842. The average molecular weight is 258 g/mol. The molecule has 0 saturated heterocycles. The second-order valence-electron chi connectivity index (χ2n) is 4.31. The molecule has 0 aromatic carbocycles. The molecule has 0 bridgehead atoms. The molecule has 1 atom stereocenters. The maximum absolute atomic E-state index is 10.7. The van der Waals surface area contributed by atoms with E-state index in [0.29, 0.717) is 5.56 Å². The Morgan fingerprint density at radius 2 is 2.06 bits per heavy atom. The van der Waals surface area contributed by atoms with Gasteiger partial charge in [-0.25, -0.2) is 9.97 Å². The van der Waals surface area contributed by atoms with Crippen LogP contribution in [0.4, 0.5) is 0 Å². The van der Waals surface area contributed by atoms with E-state index in [9.17, 15) is 5.11 Å². The molecule has 0 spiro atoms. The Bertz CT molecular complexity index is 554. The van der Waals surface area contributed by atoms with E-state index in [4.69, 9.17) is 0 Å². The average Bonchev–Trinajstić information content (AvgIpc) is 2.90. The molecule has 4 heteroatoms. The zero-order chi connectivity index (χ0) is 13.0. The van der Waals surface area contributed by atoms with Gasteiger partial charge in [-0.3, -0.25) is 0 Å². The van der Waals surface area contributed by atoms with Crippen LogP contribution in [0.15, 0.2) is 35.5 Å². The number of hydrogen-bond donors (Lipinski definition) is 1. The maximum atomic E-state index is 10.7. The predicted octanol–water partition coefficient (Wildman–Crippen LogP) is 2.43. The Hall–Kier alpha value is -1.70. The highest BCUT2D eigenvalue weighted by atomic mass is 32.1. The molecule has 3 nitrogen and oxygen atoms in total. The minimum absolute atomic E-state index is 0.0466. The van der Waals surface area contributed by atoms with E-state index in [1.165, 1.54) is 6.33 Å². The lowest BCUT2D eigenvalue weighted by molar-refractivity contribution is 0.0496. The largest absolute Gasteiger partial charge is 0.373 e. The monoisotopic (exact) mass is 258 g/mol. The number of hydrogen-bond acceptors (Lipinski definition) is 4. The molecule has 2 heterocycles. The molecule has 92 valence electrons. The summed E-state index contributed by atoms with van der Waals surface area (Å²) in [5, 5.41) is 14.6. The molecule has 0 radical (unpaired) electrons. The highest BCUT2D eigenvalue weighted by Gasteiger charge is 2.31. The van der Waals surface area contributed by atoms with Gasteiger partial charge in [0.05, 0.1) is 0 Å². The van der Waals surface area contributed by atoms with E-state index in [2.05, 4.69) is 21.8 Å². The Labute approximate surface area is 111 Å². The molecule has 0 aliphatic rings. The van der Waals surface area contributed by atoms with Gasteiger partial charge in [-0.15, -0.1) is 0 Å². The van der Waals surface area contributed by atoms with Crippen molar-refractivity contribution in [1.29, 1.82) is 0 Å². The first-order chi connectivity index (χ1) is 8.63. The summed E-state index contributed by atoms with van der Waals surface area (Å²) in [5.74, 6) is 5.90. The van der Waals surface area contributed by atoms with Crippen molar-refractivity contribution in [3.63, 3.8) is 0 Å². The van der Waals surface area contributed by atoms with Gasteiger partial charge in [0.25, 0.3) is 0 Å². The second-order valence-corrected chi connectivity index (χ2v) is 5.09. The van der Waals surface area contributed by atoms with E-state index in [1.807, 2.05) is 30.7 Å². The normalized spacial score (nSPS) is 13.8. The van der Waals surface area contributed by atoms with Gasteiger partial charge >= 0.3 is 0 Å². The van der Waals surface area contributed by atoms with Crippen LogP contribution in [-0.4, -0.2) is 15.1 Å². The summed E-state index contributed by atoms with van der Waals surface area (Å²) in [6.07, 6.45) is 4.65. The number of rotatable bonds is 2. The maximum Gasteiger partial charge on any atom is 0.156 e. The molecular formula is C14H14N2OS. The predicted molar refractivity (Wildman–Crippen MR) is 72.0 cm³/mol. The molecule has 0 aliphatic heterocycles. The van der Waals surface area contributed by atoms with Crippen molar-refractivity contribution in [2.45, 2.75) is 19.4 Å². The van der Waals surface area contributed by atoms with Crippen LogP contribution in [-0.2, 0) is 5.60 Å². The van der Waals surface area contributed by atoms with Crippen molar-refractivity contribution in [2.75, 3.05) is 0 Å². The van der Waals surface area contributed by atoms with Crippen LogP contribution in [0, 0.1) is 17.8 Å². The van der Waals surface area contributed by atoms with Crippen molar-refractivity contribution in [3.05, 3.63) is 46.7 Å². The van der Waals surface area contributed by atoms with Crippen molar-refractivity contribution >= 4 is 11.3 Å². The first-order valence-corrected chi connectivity index (χ1v) is 6.60. The van der Waals surface area contributed by atoms with E-state index in [0.717, 1.165) is 5.56 Å². The molecule has 2 rings (SSSR count). The molecule has 18 heavy (non-hydrogen) atoms. The molecule has 1 N–H and O–H groups in total. The molecule has 2 aromatic heterocycles. The third kappa shape index (κ3) is 2.58. The van der Waals surface area contributed by atoms with Gasteiger partial charge in [-0.1, -0.05) is 25.7 Å². The molecule has 1 unspecified atom stereocenters. The van der Waals surface area contributed by atoms with Crippen molar-refractivity contribution in [3.8, 4) is 11.8 Å². The number of aromatic nitrogens is 2. The van der Waals surface area contributed by atoms with Crippen LogP contribution in [0.2, 0.25) is 0 Å². The summed E-state index contributed by atoms with van der Waals surface area (Å²) in [5.41, 5.74) is 0.321. The van der Waals surface area contributed by atoms with Crippen LogP contribution < -0.4 is 0 Å². The lowest BCUT2D eigenvalue weighted by Gasteiger charge is -2.26. The van der Waals surface area contributed by atoms with Crippen molar-refractivity contribution < 1.29 is 5.11 Å². The number of aliphatic hydroxyl groups is 1. The highest BCUT2D eigenvalue weighted by molar-refractivity contribution is 7.08. The summed E-state index contributed by atoms with van der Waals surface area (Å²) in [4.78, 5) is 7.88. The van der Waals surface area contributed by atoms with E-state index >= 15 is 0 Å². The van der Waals surface area contributed by atoms with E-state index in [1.54, 1.807) is 23.7 Å². The SMILES string of the molecule is CC(C)C(O)(C#Cc1ccsc1)c1cncnc1.